The molecule has 2 fully saturated rings. The zero-order valence-electron chi connectivity index (χ0n) is 40.2. The Balaban J connectivity index is 0.912. The van der Waals surface area contributed by atoms with Crippen LogP contribution in [0.5, 0.6) is 5.75 Å². The van der Waals surface area contributed by atoms with Crippen LogP contribution >= 0.6 is 11.3 Å². The maximum Gasteiger partial charge on any atom is 0.417 e. The van der Waals surface area contributed by atoms with Gasteiger partial charge in [0.05, 0.1) is 45.0 Å². The first-order valence-corrected chi connectivity index (χ1v) is 24.0. The topological polar surface area (TPSA) is 223 Å². The number of hydrogen-bond donors (Lipinski definition) is 6. The minimum Gasteiger partial charge on any atom is -0.489 e. The van der Waals surface area contributed by atoms with Gasteiger partial charge in [0.1, 0.15) is 30.5 Å². The molecular formula is C51H61F3N6O9S. The highest BCUT2D eigenvalue weighted by atomic mass is 32.1. The number of benzene rings is 3. The maximum absolute atomic E-state index is 13.8. The predicted molar refractivity (Wildman–Crippen MR) is 254 cm³/mol. The molecular weight excluding hydrogens is 930 g/mol. The van der Waals surface area contributed by atoms with Crippen molar-refractivity contribution in [3.05, 3.63) is 106 Å². The lowest BCUT2D eigenvalue weighted by Gasteiger charge is -2.63. The third-order valence-electron chi connectivity index (χ3n) is 13.1. The number of aryl methyl sites for hydroxylation is 2. The van der Waals surface area contributed by atoms with Gasteiger partial charge >= 0.3 is 6.18 Å². The summed E-state index contributed by atoms with van der Waals surface area (Å²) in [6.07, 6.45) is -4.96. The van der Waals surface area contributed by atoms with E-state index >= 15 is 0 Å². The second kappa shape index (κ2) is 21.6. The van der Waals surface area contributed by atoms with Crippen molar-refractivity contribution in [1.29, 1.82) is 5.26 Å². The number of likely N-dealkylation sites (tertiary alicyclic amines) is 1. The first-order valence-electron chi connectivity index (χ1n) is 23.1. The molecule has 376 valence electrons. The van der Waals surface area contributed by atoms with E-state index in [1.807, 2.05) is 46.8 Å². The van der Waals surface area contributed by atoms with Gasteiger partial charge in [0.2, 0.25) is 17.7 Å². The minimum atomic E-state index is -4.72. The summed E-state index contributed by atoms with van der Waals surface area (Å²) in [6, 6.07) is 16.0. The highest BCUT2D eigenvalue weighted by Crippen LogP contribution is 2.56. The van der Waals surface area contributed by atoms with Crippen LogP contribution in [0.2, 0.25) is 0 Å². The van der Waals surface area contributed by atoms with Crippen molar-refractivity contribution >= 4 is 35.0 Å². The third kappa shape index (κ3) is 12.3. The molecule has 1 saturated carbocycles. The number of ether oxygens (including phenoxy) is 2. The summed E-state index contributed by atoms with van der Waals surface area (Å²) in [5.74, 6) is -2.48. The molecule has 0 spiro atoms. The fourth-order valence-electron chi connectivity index (χ4n) is 9.70. The molecule has 1 aromatic heterocycles. The Morgan fingerprint density at radius 3 is 2.24 bits per heavy atom. The summed E-state index contributed by atoms with van der Waals surface area (Å²) in [5, 5.41) is 49.6. The van der Waals surface area contributed by atoms with Gasteiger partial charge in [-0.15, -0.1) is 11.3 Å². The molecule has 1 unspecified atom stereocenters. The quantitative estimate of drug-likeness (QED) is 0.0447. The van der Waals surface area contributed by atoms with E-state index < -0.39 is 88.6 Å². The summed E-state index contributed by atoms with van der Waals surface area (Å²) in [6.45, 7) is 11.7. The van der Waals surface area contributed by atoms with Crippen LogP contribution < -0.4 is 20.7 Å². The number of nitrogens with one attached hydrogen (secondary N) is 3. The first kappa shape index (κ1) is 53.4. The second-order valence-electron chi connectivity index (χ2n) is 19.8. The zero-order chi connectivity index (χ0) is 51.3. The van der Waals surface area contributed by atoms with Crippen LogP contribution in [0.1, 0.15) is 112 Å². The Kier molecular flexibility index (Phi) is 16.5. The van der Waals surface area contributed by atoms with E-state index in [9.17, 15) is 47.7 Å². The number of thiazole rings is 1. The summed E-state index contributed by atoms with van der Waals surface area (Å²) in [4.78, 5) is 60.0. The average molecular weight is 991 g/mol. The molecule has 15 nitrogen and oxygen atoms in total. The molecule has 0 bridgehead atoms. The molecule has 19 heteroatoms. The van der Waals surface area contributed by atoms with Gasteiger partial charge in [0, 0.05) is 47.6 Å². The molecule has 2 aliphatic rings. The van der Waals surface area contributed by atoms with Gasteiger partial charge in [-0.2, -0.15) is 18.4 Å². The van der Waals surface area contributed by atoms with Crippen LogP contribution in [0.15, 0.2) is 72.2 Å². The Hall–Kier alpha value is -5.91. The highest BCUT2D eigenvalue weighted by Gasteiger charge is 2.64. The molecule has 6 rings (SSSR count). The zero-order valence-corrected chi connectivity index (χ0v) is 41.0. The molecule has 70 heavy (non-hydrogen) atoms. The number of β-amino-alcohol motifs (C(OH)–C–C–N with tert-alkyl or cyclic N) is 1. The van der Waals surface area contributed by atoms with E-state index in [0.717, 1.165) is 58.0 Å². The van der Waals surface area contributed by atoms with Gasteiger partial charge in [-0.05, 0) is 81.5 Å². The standard InChI is InChI=1S/C51H61F3N6O9S/c1-29-40(70-28-56-29)31-16-18-33(19-17-31)42(63)58-44(65)38-23-35(61)26-60(38)45(66)41(50(6,7)67)57-39(62)27-68-22-10-8-9-11-30-12-14-32(15-13-30)43(64)59-46-48(2,3)47(49(46,4)5)69-36-21-20-34(25-55)37(24-36)51(52,53)54/h12-21,24,28,35,38,41-42,46-47,61,63,67H,8-11,22-23,26-27H2,1-7H3,(H,57,62)(H,58,65)(H,59,64)/t35-,38+,41?,42+,46?,47?/m1/s1. The highest BCUT2D eigenvalue weighted by molar-refractivity contribution is 7.13. The van der Waals surface area contributed by atoms with Gasteiger partial charge in [0.25, 0.3) is 5.91 Å². The Bertz CT molecular complexity index is 2540. The first-order chi connectivity index (χ1) is 32.8. The van der Waals surface area contributed by atoms with Gasteiger partial charge in [0.15, 0.2) is 6.23 Å². The summed E-state index contributed by atoms with van der Waals surface area (Å²) in [5.41, 5.74) is 0.743. The van der Waals surface area contributed by atoms with Gasteiger partial charge in [-0.1, -0.05) is 70.5 Å². The third-order valence-corrected chi connectivity index (χ3v) is 14.1. The van der Waals surface area contributed by atoms with E-state index in [-0.39, 0.29) is 37.3 Å². The van der Waals surface area contributed by atoms with Crippen LogP contribution in [-0.2, 0) is 31.7 Å². The molecule has 2 heterocycles. The van der Waals surface area contributed by atoms with Crippen molar-refractivity contribution in [3.8, 4) is 22.3 Å². The molecule has 4 amide bonds. The Morgan fingerprint density at radius 1 is 0.971 bits per heavy atom. The predicted octanol–water partition coefficient (Wildman–Crippen LogP) is 6.38. The minimum absolute atomic E-state index is 0.0130. The number of nitriles is 1. The number of amides is 4. The van der Waals surface area contributed by atoms with Crippen molar-refractivity contribution < 1.29 is 57.1 Å². The van der Waals surface area contributed by atoms with Crippen LogP contribution in [0.3, 0.4) is 0 Å². The second-order valence-corrected chi connectivity index (χ2v) is 20.6. The number of aromatic nitrogens is 1. The van der Waals surface area contributed by atoms with Gasteiger partial charge in [-0.3, -0.25) is 19.2 Å². The van der Waals surface area contributed by atoms with Crippen molar-refractivity contribution in [2.45, 2.75) is 129 Å². The van der Waals surface area contributed by atoms with Crippen molar-refractivity contribution in [3.63, 3.8) is 0 Å². The Labute approximate surface area is 409 Å². The van der Waals surface area contributed by atoms with E-state index in [0.29, 0.717) is 17.5 Å². The number of alkyl halides is 3. The normalized spacial score (nSPS) is 20.4. The SMILES string of the molecule is Cc1ncsc1-c1ccc([C@H](O)NC(=O)[C@@H]2C[C@@H](O)CN2C(=O)C(NC(=O)COCCCCCc2ccc(C(=O)NC3C(C)(C)C(Oc4ccc(C#N)c(C(F)(F)F)c4)C3(C)C)cc2)C(C)(C)O)cc1. The maximum atomic E-state index is 13.8. The number of aliphatic hydroxyl groups is 3. The van der Waals surface area contributed by atoms with Crippen LogP contribution in [0, 0.1) is 29.1 Å². The van der Waals surface area contributed by atoms with Crippen molar-refractivity contribution in [1.82, 2.24) is 25.8 Å². The fraction of sp³-hybridized carbons (Fsp3) is 0.490. The Morgan fingerprint density at radius 2 is 1.64 bits per heavy atom. The van der Waals surface area contributed by atoms with Gasteiger partial charge < -0.3 is 45.6 Å². The smallest absolute Gasteiger partial charge is 0.417 e. The number of halogens is 3. The molecule has 4 atom stereocenters. The number of aliphatic hydroxyl groups excluding tert-OH is 2. The number of hydrogen-bond acceptors (Lipinski definition) is 12. The fourth-order valence-corrected chi connectivity index (χ4v) is 10.5. The van der Waals surface area contributed by atoms with E-state index in [4.69, 9.17) is 14.7 Å². The molecule has 1 saturated heterocycles. The van der Waals surface area contributed by atoms with Crippen LogP contribution in [0.25, 0.3) is 10.4 Å². The molecule has 4 aromatic rings. The molecule has 3 aromatic carbocycles. The lowest BCUT2D eigenvalue weighted by molar-refractivity contribution is -0.164. The molecule has 0 radical (unpaired) electrons. The van der Waals surface area contributed by atoms with Crippen LogP contribution in [-0.4, -0.2) is 105 Å². The average Bonchev–Trinajstić information content (AvgIpc) is 3.92. The lowest BCUT2D eigenvalue weighted by atomic mass is 9.49. The molecule has 1 aliphatic heterocycles. The number of unbranched alkanes of at least 4 members (excludes halogenated alkanes) is 2. The van der Waals surface area contributed by atoms with E-state index in [1.165, 1.54) is 31.3 Å². The number of nitrogens with zero attached hydrogens (tertiary/aromatic N) is 3. The van der Waals surface area contributed by atoms with E-state index in [2.05, 4.69) is 20.9 Å². The lowest BCUT2D eigenvalue weighted by Crippen LogP contribution is -2.74. The monoisotopic (exact) mass is 990 g/mol. The summed E-state index contributed by atoms with van der Waals surface area (Å²) < 4.78 is 52.4. The van der Waals surface area contributed by atoms with Crippen molar-refractivity contribution in [2.75, 3.05) is 19.8 Å². The van der Waals surface area contributed by atoms with E-state index in [1.54, 1.807) is 48.0 Å². The van der Waals surface area contributed by atoms with Gasteiger partial charge in [-0.25, -0.2) is 4.98 Å². The van der Waals surface area contributed by atoms with Crippen LogP contribution in [0.4, 0.5) is 13.2 Å². The van der Waals surface area contributed by atoms with Crippen molar-refractivity contribution in [2.24, 2.45) is 10.8 Å². The summed E-state index contributed by atoms with van der Waals surface area (Å²) >= 11 is 1.48. The molecule has 6 N–H and O–H groups in total. The molecule has 1 aliphatic carbocycles. The number of carbonyl (C=O) groups is 4. The number of carbonyl (C=O) groups excluding carboxylic acids is 4. The largest absolute Gasteiger partial charge is 0.489 e. The number of rotatable bonds is 19. The summed E-state index contributed by atoms with van der Waals surface area (Å²) in [7, 11) is 0.